The third kappa shape index (κ3) is 4.18. The summed E-state index contributed by atoms with van der Waals surface area (Å²) in [7, 11) is 0. The maximum atomic E-state index is 11.7. The lowest BCUT2D eigenvalue weighted by atomic mass is 10.0. The highest BCUT2D eigenvalue weighted by atomic mass is 16.4. The number of carbonyl (C=O) groups excluding carboxylic acids is 1. The van der Waals surface area contributed by atoms with E-state index >= 15 is 0 Å². The highest BCUT2D eigenvalue weighted by Crippen LogP contribution is 2.16. The van der Waals surface area contributed by atoms with Crippen molar-refractivity contribution in [2.24, 2.45) is 5.73 Å². The average Bonchev–Trinajstić information content (AvgIpc) is 2.13. The molecule has 0 aliphatic rings. The number of carboxylic acids is 1. The number of hydrogen-bond acceptors (Lipinski definition) is 3. The van der Waals surface area contributed by atoms with Crippen LogP contribution in [0.2, 0.25) is 0 Å². The smallest absolute Gasteiger partial charge is 0.335 e. The zero-order valence-electron chi connectivity index (χ0n) is 10.8. The van der Waals surface area contributed by atoms with Gasteiger partial charge in [-0.1, -0.05) is 0 Å². The lowest BCUT2D eigenvalue weighted by Gasteiger charge is -2.17. The number of anilines is 1. The van der Waals surface area contributed by atoms with Crippen LogP contribution in [0.25, 0.3) is 0 Å². The van der Waals surface area contributed by atoms with Gasteiger partial charge in [-0.25, -0.2) is 4.79 Å². The molecule has 0 aliphatic carbocycles. The summed E-state index contributed by atoms with van der Waals surface area (Å²) in [4.78, 5) is 22.5. The number of hydrogen-bond donors (Lipinski definition) is 3. The van der Waals surface area contributed by atoms with Crippen LogP contribution in [0.5, 0.6) is 0 Å². The first-order chi connectivity index (χ1) is 8.19. The zero-order valence-corrected chi connectivity index (χ0v) is 10.8. The van der Waals surface area contributed by atoms with E-state index in [2.05, 4.69) is 5.32 Å². The molecule has 1 aromatic rings. The van der Waals surface area contributed by atoms with Crippen molar-refractivity contribution in [3.63, 3.8) is 0 Å². The van der Waals surface area contributed by atoms with E-state index in [-0.39, 0.29) is 17.9 Å². The largest absolute Gasteiger partial charge is 0.478 e. The van der Waals surface area contributed by atoms with Gasteiger partial charge in [0.05, 0.1) is 5.56 Å². The van der Waals surface area contributed by atoms with Crippen LogP contribution in [0.3, 0.4) is 0 Å². The molecule has 0 aromatic heterocycles. The van der Waals surface area contributed by atoms with Gasteiger partial charge in [0.25, 0.3) is 0 Å². The van der Waals surface area contributed by atoms with Gasteiger partial charge in [-0.2, -0.15) is 0 Å². The number of aromatic carboxylic acids is 1. The Kier molecular flexibility index (Phi) is 4.08. The van der Waals surface area contributed by atoms with Crippen LogP contribution in [0.4, 0.5) is 5.69 Å². The van der Waals surface area contributed by atoms with Crippen LogP contribution in [0.1, 0.15) is 36.2 Å². The summed E-state index contributed by atoms with van der Waals surface area (Å²) < 4.78 is 0. The second-order valence-electron chi connectivity index (χ2n) is 5.05. The Labute approximate surface area is 106 Å². The Hall–Kier alpha value is -1.88. The van der Waals surface area contributed by atoms with E-state index in [1.165, 1.54) is 6.07 Å². The van der Waals surface area contributed by atoms with Crippen LogP contribution in [-0.2, 0) is 4.79 Å². The summed E-state index contributed by atoms with van der Waals surface area (Å²) in [5.41, 5.74) is 6.58. The average molecular weight is 250 g/mol. The molecule has 4 N–H and O–H groups in total. The molecule has 1 amide bonds. The van der Waals surface area contributed by atoms with Gasteiger partial charge in [-0.05, 0) is 44.5 Å². The monoisotopic (exact) mass is 250 g/mol. The lowest BCUT2D eigenvalue weighted by Crippen LogP contribution is -2.36. The Balaban J connectivity index is 2.78. The zero-order chi connectivity index (χ0) is 13.9. The molecule has 1 rings (SSSR count). The fourth-order valence-corrected chi connectivity index (χ4v) is 1.60. The quantitative estimate of drug-likeness (QED) is 0.759. The fourth-order valence-electron chi connectivity index (χ4n) is 1.60. The summed E-state index contributed by atoms with van der Waals surface area (Å²) in [5, 5.41) is 11.6. The molecule has 18 heavy (non-hydrogen) atoms. The molecule has 0 heterocycles. The molecule has 0 saturated carbocycles. The minimum absolute atomic E-state index is 0.190. The van der Waals surface area contributed by atoms with Crippen molar-refractivity contribution in [1.82, 2.24) is 0 Å². The van der Waals surface area contributed by atoms with Gasteiger partial charge in [0.2, 0.25) is 5.91 Å². The van der Waals surface area contributed by atoms with Crippen molar-refractivity contribution in [2.75, 3.05) is 5.32 Å². The Morgan fingerprint density at radius 3 is 2.44 bits per heavy atom. The molecule has 0 fully saturated rings. The van der Waals surface area contributed by atoms with E-state index in [0.717, 1.165) is 0 Å². The van der Waals surface area contributed by atoms with Crippen LogP contribution < -0.4 is 11.1 Å². The minimum atomic E-state index is -0.978. The Morgan fingerprint density at radius 2 is 2.00 bits per heavy atom. The van der Waals surface area contributed by atoms with Crippen molar-refractivity contribution < 1.29 is 14.7 Å². The van der Waals surface area contributed by atoms with Crippen molar-refractivity contribution in [3.8, 4) is 0 Å². The van der Waals surface area contributed by atoms with Crippen LogP contribution in [-0.4, -0.2) is 22.5 Å². The van der Waals surface area contributed by atoms with E-state index in [9.17, 15) is 9.59 Å². The summed E-state index contributed by atoms with van der Waals surface area (Å²) in [5.74, 6) is -1.17. The second-order valence-corrected chi connectivity index (χ2v) is 5.05. The number of amides is 1. The van der Waals surface area contributed by atoms with Crippen molar-refractivity contribution in [3.05, 3.63) is 29.3 Å². The first-order valence-corrected chi connectivity index (χ1v) is 5.62. The predicted octanol–water partition coefficient (Wildman–Crippen LogP) is 1.76. The first-order valence-electron chi connectivity index (χ1n) is 5.62. The van der Waals surface area contributed by atoms with E-state index in [1.54, 1.807) is 32.9 Å². The summed E-state index contributed by atoms with van der Waals surface area (Å²) >= 11 is 0. The van der Waals surface area contributed by atoms with E-state index < -0.39 is 11.5 Å². The van der Waals surface area contributed by atoms with Crippen LogP contribution in [0.15, 0.2) is 18.2 Å². The SMILES string of the molecule is Cc1cc(NC(=O)CC(C)(C)N)ccc1C(=O)O. The summed E-state index contributed by atoms with van der Waals surface area (Å²) in [6, 6.07) is 4.67. The molecule has 98 valence electrons. The number of benzene rings is 1. The van der Waals surface area contributed by atoms with Gasteiger partial charge in [0.1, 0.15) is 0 Å². The highest BCUT2D eigenvalue weighted by molar-refractivity contribution is 5.93. The van der Waals surface area contributed by atoms with Crippen LogP contribution in [0, 0.1) is 6.92 Å². The van der Waals surface area contributed by atoms with E-state index in [4.69, 9.17) is 10.8 Å². The third-order valence-electron chi connectivity index (χ3n) is 2.36. The van der Waals surface area contributed by atoms with Crippen molar-refractivity contribution in [1.29, 1.82) is 0 Å². The maximum Gasteiger partial charge on any atom is 0.335 e. The normalized spacial score (nSPS) is 11.1. The molecule has 0 bridgehead atoms. The standard InChI is InChI=1S/C13H18N2O3/c1-8-6-9(4-5-10(8)12(17)18)15-11(16)7-13(2,3)14/h4-6H,7,14H2,1-3H3,(H,15,16)(H,17,18). The third-order valence-corrected chi connectivity index (χ3v) is 2.36. The van der Waals surface area contributed by atoms with Crippen LogP contribution >= 0.6 is 0 Å². The first kappa shape index (κ1) is 14.2. The Bertz CT molecular complexity index is 476. The molecule has 0 spiro atoms. The molecule has 1 aromatic carbocycles. The van der Waals surface area contributed by atoms with E-state index in [0.29, 0.717) is 11.3 Å². The molecular weight excluding hydrogens is 232 g/mol. The topological polar surface area (TPSA) is 92.4 Å². The van der Waals surface area contributed by atoms with Gasteiger partial charge in [0, 0.05) is 17.6 Å². The molecule has 0 atom stereocenters. The minimum Gasteiger partial charge on any atom is -0.478 e. The van der Waals surface area contributed by atoms with Gasteiger partial charge in [-0.15, -0.1) is 0 Å². The van der Waals surface area contributed by atoms with E-state index in [1.807, 2.05) is 0 Å². The lowest BCUT2D eigenvalue weighted by molar-refractivity contribution is -0.117. The molecule has 5 nitrogen and oxygen atoms in total. The van der Waals surface area contributed by atoms with Gasteiger partial charge in [0.15, 0.2) is 0 Å². The number of rotatable bonds is 4. The fraction of sp³-hybridized carbons (Fsp3) is 0.385. The predicted molar refractivity (Wildman–Crippen MR) is 69.7 cm³/mol. The molecule has 0 aliphatic heterocycles. The maximum absolute atomic E-state index is 11.7. The number of nitrogens with two attached hydrogens (primary N) is 1. The van der Waals surface area contributed by atoms with Gasteiger partial charge in [-0.3, -0.25) is 4.79 Å². The van der Waals surface area contributed by atoms with Gasteiger partial charge >= 0.3 is 5.97 Å². The molecule has 0 saturated heterocycles. The molecule has 0 radical (unpaired) electrons. The summed E-state index contributed by atoms with van der Waals surface area (Å²) in [6.45, 7) is 5.22. The number of nitrogens with one attached hydrogen (secondary N) is 1. The number of aryl methyl sites for hydroxylation is 1. The molecule has 5 heteroatoms. The van der Waals surface area contributed by atoms with Crippen molar-refractivity contribution in [2.45, 2.75) is 32.7 Å². The van der Waals surface area contributed by atoms with Crippen molar-refractivity contribution >= 4 is 17.6 Å². The molecule has 0 unspecified atom stereocenters. The number of carboxylic acid groups (broad SMARTS) is 1. The second kappa shape index (κ2) is 5.18. The Morgan fingerprint density at radius 1 is 1.39 bits per heavy atom. The number of carbonyl (C=O) groups is 2. The van der Waals surface area contributed by atoms with Gasteiger partial charge < -0.3 is 16.2 Å². The highest BCUT2D eigenvalue weighted by Gasteiger charge is 2.16. The summed E-state index contributed by atoms with van der Waals surface area (Å²) in [6.07, 6.45) is 0.201. The molecular formula is C13H18N2O3.